The largest absolute Gasteiger partial charge is 0.508 e. The number of allylic oxidation sites excluding steroid dienone is 3. The third-order valence-corrected chi connectivity index (χ3v) is 1.06. The van der Waals surface area contributed by atoms with Crippen LogP contribution in [0.3, 0.4) is 0 Å². The highest BCUT2D eigenvalue weighted by Gasteiger charge is 2.10. The van der Waals surface area contributed by atoms with Gasteiger partial charge >= 0.3 is 0 Å². The molecule has 1 aliphatic rings. The first kappa shape index (κ1) is 9.04. The molecule has 0 saturated carbocycles. The molecule has 0 radical (unpaired) electrons. The van der Waals surface area contributed by atoms with Gasteiger partial charge in [-0.3, -0.25) is 4.79 Å². The average molecular weight is 163 g/mol. The van der Waals surface area contributed by atoms with Gasteiger partial charge in [0.05, 0.1) is 6.42 Å². The zero-order chi connectivity index (χ0) is 6.85. The number of aliphatic hydroxyl groups is 2. The minimum absolute atomic E-state index is 0. The fourth-order valence-corrected chi connectivity index (χ4v) is 0.583. The molecule has 4 heteroatoms. The lowest BCUT2D eigenvalue weighted by Gasteiger charge is -2.02. The molecule has 0 saturated heterocycles. The molecule has 2 N–H and O–H groups in total. The van der Waals surface area contributed by atoms with E-state index in [-0.39, 0.29) is 36.1 Å². The third kappa shape index (κ3) is 1.77. The summed E-state index contributed by atoms with van der Waals surface area (Å²) in [4.78, 5) is 10.4. The van der Waals surface area contributed by atoms with E-state index in [2.05, 4.69) is 0 Å². The van der Waals surface area contributed by atoms with Crippen molar-refractivity contribution < 1.29 is 15.0 Å². The second kappa shape index (κ2) is 3.27. The summed E-state index contributed by atoms with van der Waals surface area (Å²) in [5, 5.41) is 17.4. The van der Waals surface area contributed by atoms with Gasteiger partial charge in [-0.25, -0.2) is 0 Å². The molecule has 0 amide bonds. The van der Waals surface area contributed by atoms with Crippen LogP contribution in [-0.4, -0.2) is 16.0 Å². The SMILES string of the molecule is Cl.O=C1C=CC(O)=C(O)C1. The first-order valence-corrected chi connectivity index (χ1v) is 2.52. The van der Waals surface area contributed by atoms with Crippen LogP contribution < -0.4 is 0 Å². The van der Waals surface area contributed by atoms with Crippen molar-refractivity contribution in [2.45, 2.75) is 6.42 Å². The van der Waals surface area contributed by atoms with E-state index in [1.165, 1.54) is 12.2 Å². The number of hydrogen-bond acceptors (Lipinski definition) is 3. The van der Waals surface area contributed by atoms with Crippen molar-refractivity contribution in [1.29, 1.82) is 0 Å². The van der Waals surface area contributed by atoms with Gasteiger partial charge in [0, 0.05) is 0 Å². The molecule has 10 heavy (non-hydrogen) atoms. The van der Waals surface area contributed by atoms with Gasteiger partial charge < -0.3 is 10.2 Å². The van der Waals surface area contributed by atoms with Crippen molar-refractivity contribution in [2.75, 3.05) is 0 Å². The molecule has 0 atom stereocenters. The van der Waals surface area contributed by atoms with Crippen LogP contribution in [0.1, 0.15) is 6.42 Å². The molecule has 1 aliphatic carbocycles. The van der Waals surface area contributed by atoms with Crippen LogP contribution >= 0.6 is 12.4 Å². The van der Waals surface area contributed by atoms with E-state index in [0.717, 1.165) is 0 Å². The zero-order valence-corrected chi connectivity index (χ0v) is 5.89. The lowest BCUT2D eigenvalue weighted by atomic mass is 10.1. The van der Waals surface area contributed by atoms with E-state index in [0.29, 0.717) is 0 Å². The summed E-state index contributed by atoms with van der Waals surface area (Å²) < 4.78 is 0. The Morgan fingerprint density at radius 2 is 1.90 bits per heavy atom. The lowest BCUT2D eigenvalue weighted by Crippen LogP contribution is -2.02. The monoisotopic (exact) mass is 162 g/mol. The number of carbonyl (C=O) groups is 1. The Labute approximate surface area is 64.1 Å². The highest BCUT2D eigenvalue weighted by atomic mass is 35.5. The molecule has 0 unspecified atom stereocenters. The predicted molar refractivity (Wildman–Crippen MR) is 38.3 cm³/mol. The maximum Gasteiger partial charge on any atom is 0.163 e. The van der Waals surface area contributed by atoms with Crippen LogP contribution in [0.25, 0.3) is 0 Å². The lowest BCUT2D eigenvalue weighted by molar-refractivity contribution is -0.114. The maximum absolute atomic E-state index is 10.4. The van der Waals surface area contributed by atoms with E-state index in [4.69, 9.17) is 10.2 Å². The number of halogens is 1. The van der Waals surface area contributed by atoms with Crippen LogP contribution in [-0.2, 0) is 4.79 Å². The van der Waals surface area contributed by atoms with Gasteiger partial charge in [0.25, 0.3) is 0 Å². The van der Waals surface area contributed by atoms with Crippen molar-refractivity contribution in [1.82, 2.24) is 0 Å². The number of hydrogen-bond donors (Lipinski definition) is 2. The van der Waals surface area contributed by atoms with Crippen molar-refractivity contribution >= 4 is 18.2 Å². The van der Waals surface area contributed by atoms with Gasteiger partial charge in [-0.15, -0.1) is 12.4 Å². The van der Waals surface area contributed by atoms with Crippen molar-refractivity contribution in [2.24, 2.45) is 0 Å². The Bertz CT molecular complexity index is 205. The summed E-state index contributed by atoms with van der Waals surface area (Å²) in [7, 11) is 0. The molecule has 0 aromatic rings. The molecule has 0 fully saturated rings. The van der Waals surface area contributed by atoms with Crippen molar-refractivity contribution in [3.8, 4) is 0 Å². The molecule has 0 aliphatic heterocycles. The Balaban J connectivity index is 0.000000810. The van der Waals surface area contributed by atoms with E-state index >= 15 is 0 Å². The van der Waals surface area contributed by atoms with Crippen LogP contribution in [0.5, 0.6) is 0 Å². The van der Waals surface area contributed by atoms with Crippen LogP contribution in [0, 0.1) is 0 Å². The van der Waals surface area contributed by atoms with Gasteiger partial charge in [0.15, 0.2) is 11.5 Å². The fourth-order valence-electron chi connectivity index (χ4n) is 0.583. The first-order chi connectivity index (χ1) is 4.20. The molecule has 0 heterocycles. The topological polar surface area (TPSA) is 57.5 Å². The van der Waals surface area contributed by atoms with Gasteiger partial charge in [-0.2, -0.15) is 0 Å². The minimum Gasteiger partial charge on any atom is -0.508 e. The molecular formula is C6H7ClO3. The standard InChI is InChI=1S/C6H6O3.ClH/c7-4-1-2-5(8)6(9)3-4;/h1-2,8-9H,3H2;1H. The van der Waals surface area contributed by atoms with Crippen LogP contribution in [0.4, 0.5) is 0 Å². The van der Waals surface area contributed by atoms with Gasteiger partial charge in [0.1, 0.15) is 5.76 Å². The van der Waals surface area contributed by atoms with E-state index < -0.39 is 0 Å². The summed E-state index contributed by atoms with van der Waals surface area (Å²) >= 11 is 0. The summed E-state index contributed by atoms with van der Waals surface area (Å²) in [6, 6.07) is 0. The summed E-state index contributed by atoms with van der Waals surface area (Å²) in [6.45, 7) is 0. The van der Waals surface area contributed by atoms with Crippen molar-refractivity contribution in [3.63, 3.8) is 0 Å². The number of carbonyl (C=O) groups excluding carboxylic acids is 1. The van der Waals surface area contributed by atoms with Gasteiger partial charge in [-0.05, 0) is 12.2 Å². The molecule has 0 bridgehead atoms. The fraction of sp³-hybridized carbons (Fsp3) is 0.167. The highest BCUT2D eigenvalue weighted by molar-refractivity contribution is 5.92. The molecule has 56 valence electrons. The van der Waals surface area contributed by atoms with Gasteiger partial charge in [0.2, 0.25) is 0 Å². The van der Waals surface area contributed by atoms with Crippen LogP contribution in [0.15, 0.2) is 23.7 Å². The predicted octanol–water partition coefficient (Wildman–Crippen LogP) is 1.26. The Morgan fingerprint density at radius 1 is 1.30 bits per heavy atom. The smallest absolute Gasteiger partial charge is 0.163 e. The first-order valence-electron chi connectivity index (χ1n) is 2.52. The molecule has 0 aromatic heterocycles. The van der Waals surface area contributed by atoms with E-state index in [9.17, 15) is 4.79 Å². The average Bonchev–Trinajstić information content (AvgIpc) is 1.80. The van der Waals surface area contributed by atoms with Crippen molar-refractivity contribution in [3.05, 3.63) is 23.7 Å². The van der Waals surface area contributed by atoms with Gasteiger partial charge in [-0.1, -0.05) is 0 Å². The Kier molecular flexibility index (Phi) is 2.96. The summed E-state index contributed by atoms with van der Waals surface area (Å²) in [5.74, 6) is -0.651. The number of ketones is 1. The maximum atomic E-state index is 10.4. The molecule has 0 aromatic carbocycles. The minimum atomic E-state index is -0.248. The number of aliphatic hydroxyl groups excluding tert-OH is 2. The van der Waals surface area contributed by atoms with Crippen LogP contribution in [0.2, 0.25) is 0 Å². The second-order valence-electron chi connectivity index (χ2n) is 1.81. The Hall–Kier alpha value is -0.960. The molecule has 1 rings (SSSR count). The summed E-state index contributed by atoms with van der Waals surface area (Å²) in [6.07, 6.45) is 2.33. The third-order valence-electron chi connectivity index (χ3n) is 1.06. The number of rotatable bonds is 0. The van der Waals surface area contributed by atoms with E-state index in [1.54, 1.807) is 0 Å². The molecule has 3 nitrogen and oxygen atoms in total. The Morgan fingerprint density at radius 3 is 2.30 bits per heavy atom. The summed E-state index contributed by atoms with van der Waals surface area (Å²) in [5.41, 5.74) is 0. The zero-order valence-electron chi connectivity index (χ0n) is 5.07. The molecule has 0 spiro atoms. The normalized spacial score (nSPS) is 17.0. The molecular weight excluding hydrogens is 156 g/mol. The quantitative estimate of drug-likeness (QED) is 0.564. The second-order valence-corrected chi connectivity index (χ2v) is 1.81. The van der Waals surface area contributed by atoms with E-state index in [1.807, 2.05) is 0 Å². The highest BCUT2D eigenvalue weighted by Crippen LogP contribution is 2.10.